The second kappa shape index (κ2) is 7.92. The number of morpholine rings is 1. The standard InChI is InChI=1S/C21H25N3O2S/c1-4-16-7-5-6-8-17(16)26-20-19-14(2)15(3)27-21(19)23-18(22-20)13-24-9-11-25-12-10-24/h5-8H,4,9-13H2,1-3H3. The fourth-order valence-electron chi connectivity index (χ4n) is 3.36. The first kappa shape index (κ1) is 18.3. The zero-order valence-corrected chi connectivity index (χ0v) is 16.9. The van der Waals surface area contributed by atoms with Crippen molar-refractivity contribution in [3.8, 4) is 11.6 Å². The molecule has 0 amide bonds. The van der Waals surface area contributed by atoms with Crippen molar-refractivity contribution in [3.05, 3.63) is 46.1 Å². The lowest BCUT2D eigenvalue weighted by atomic mass is 10.1. The van der Waals surface area contributed by atoms with Gasteiger partial charge in [0.2, 0.25) is 5.88 Å². The van der Waals surface area contributed by atoms with Crippen molar-refractivity contribution < 1.29 is 9.47 Å². The van der Waals surface area contributed by atoms with E-state index in [0.717, 1.165) is 61.1 Å². The van der Waals surface area contributed by atoms with Crippen LogP contribution in [-0.2, 0) is 17.7 Å². The van der Waals surface area contributed by atoms with Crippen LogP contribution in [-0.4, -0.2) is 41.2 Å². The molecule has 0 atom stereocenters. The molecule has 0 aliphatic carbocycles. The second-order valence-corrected chi connectivity index (χ2v) is 8.06. The van der Waals surface area contributed by atoms with E-state index in [9.17, 15) is 0 Å². The van der Waals surface area contributed by atoms with Gasteiger partial charge in [-0.2, -0.15) is 4.98 Å². The smallest absolute Gasteiger partial charge is 0.231 e. The topological polar surface area (TPSA) is 47.5 Å². The molecule has 0 spiro atoms. The molecule has 0 bridgehead atoms. The highest BCUT2D eigenvalue weighted by Gasteiger charge is 2.19. The fourth-order valence-corrected chi connectivity index (χ4v) is 4.40. The van der Waals surface area contributed by atoms with Gasteiger partial charge in [-0.25, -0.2) is 4.98 Å². The Morgan fingerprint density at radius 3 is 2.70 bits per heavy atom. The average molecular weight is 384 g/mol. The van der Waals surface area contributed by atoms with Crippen LogP contribution in [0.1, 0.15) is 28.8 Å². The lowest BCUT2D eigenvalue weighted by Crippen LogP contribution is -2.36. The molecular weight excluding hydrogens is 358 g/mol. The third-order valence-corrected chi connectivity index (χ3v) is 6.17. The zero-order valence-electron chi connectivity index (χ0n) is 16.1. The first-order valence-electron chi connectivity index (χ1n) is 9.48. The largest absolute Gasteiger partial charge is 0.438 e. The number of rotatable bonds is 5. The molecule has 3 heterocycles. The SMILES string of the molecule is CCc1ccccc1Oc1nc(CN2CCOCC2)nc2sc(C)c(C)c12. The maximum absolute atomic E-state index is 6.35. The Labute approximate surface area is 164 Å². The fraction of sp³-hybridized carbons (Fsp3) is 0.429. The third-order valence-electron chi connectivity index (χ3n) is 5.07. The molecule has 1 saturated heterocycles. The molecule has 2 aromatic heterocycles. The summed E-state index contributed by atoms with van der Waals surface area (Å²) >= 11 is 1.72. The summed E-state index contributed by atoms with van der Waals surface area (Å²) < 4.78 is 11.8. The molecule has 4 rings (SSSR count). The van der Waals surface area contributed by atoms with Gasteiger partial charge in [0.05, 0.1) is 25.1 Å². The third kappa shape index (κ3) is 3.83. The van der Waals surface area contributed by atoms with Gasteiger partial charge in [0, 0.05) is 18.0 Å². The Morgan fingerprint density at radius 2 is 1.93 bits per heavy atom. The van der Waals surface area contributed by atoms with Crippen LogP contribution in [0, 0.1) is 13.8 Å². The Bertz CT molecular complexity index is 948. The highest BCUT2D eigenvalue weighted by atomic mass is 32.1. The predicted octanol–water partition coefficient (Wildman–Crippen LogP) is 4.50. The molecule has 0 unspecified atom stereocenters. The molecule has 0 N–H and O–H groups in total. The minimum absolute atomic E-state index is 0.672. The number of aryl methyl sites for hydroxylation is 3. The van der Waals surface area contributed by atoms with Crippen LogP contribution in [0.5, 0.6) is 11.6 Å². The van der Waals surface area contributed by atoms with Gasteiger partial charge in [-0.05, 0) is 37.5 Å². The van der Waals surface area contributed by atoms with E-state index in [1.807, 2.05) is 18.2 Å². The van der Waals surface area contributed by atoms with E-state index >= 15 is 0 Å². The van der Waals surface area contributed by atoms with E-state index in [1.165, 1.54) is 16.0 Å². The van der Waals surface area contributed by atoms with Crippen molar-refractivity contribution in [3.63, 3.8) is 0 Å². The molecule has 1 fully saturated rings. The monoisotopic (exact) mass is 383 g/mol. The van der Waals surface area contributed by atoms with Gasteiger partial charge >= 0.3 is 0 Å². The van der Waals surface area contributed by atoms with Gasteiger partial charge < -0.3 is 9.47 Å². The predicted molar refractivity (Wildman–Crippen MR) is 109 cm³/mol. The molecular formula is C21H25N3O2S. The molecule has 1 aromatic carbocycles. The van der Waals surface area contributed by atoms with Gasteiger partial charge in [0.25, 0.3) is 0 Å². The highest BCUT2D eigenvalue weighted by molar-refractivity contribution is 7.18. The summed E-state index contributed by atoms with van der Waals surface area (Å²) in [6, 6.07) is 8.18. The van der Waals surface area contributed by atoms with Crippen LogP contribution in [0.15, 0.2) is 24.3 Å². The quantitative estimate of drug-likeness (QED) is 0.649. The Hall–Kier alpha value is -2.02. The summed E-state index contributed by atoms with van der Waals surface area (Å²) in [6.07, 6.45) is 0.923. The lowest BCUT2D eigenvalue weighted by Gasteiger charge is -2.25. The van der Waals surface area contributed by atoms with Crippen molar-refractivity contribution in [2.45, 2.75) is 33.7 Å². The molecule has 1 aliphatic rings. The van der Waals surface area contributed by atoms with Gasteiger partial charge in [-0.3, -0.25) is 4.90 Å². The van der Waals surface area contributed by atoms with Crippen molar-refractivity contribution >= 4 is 21.6 Å². The van der Waals surface area contributed by atoms with Gasteiger partial charge in [-0.1, -0.05) is 25.1 Å². The number of hydrogen-bond acceptors (Lipinski definition) is 6. The summed E-state index contributed by atoms with van der Waals surface area (Å²) in [7, 11) is 0. The lowest BCUT2D eigenvalue weighted by molar-refractivity contribution is 0.0330. The number of benzene rings is 1. The number of hydrogen-bond donors (Lipinski definition) is 0. The summed E-state index contributed by atoms with van der Waals surface area (Å²) in [5.74, 6) is 2.36. The van der Waals surface area contributed by atoms with Gasteiger partial charge in [-0.15, -0.1) is 11.3 Å². The minimum atomic E-state index is 0.672. The Kier molecular flexibility index (Phi) is 5.38. The van der Waals surface area contributed by atoms with E-state index in [1.54, 1.807) is 11.3 Å². The van der Waals surface area contributed by atoms with E-state index in [4.69, 9.17) is 19.4 Å². The molecule has 27 heavy (non-hydrogen) atoms. The second-order valence-electron chi connectivity index (χ2n) is 6.86. The van der Waals surface area contributed by atoms with Gasteiger partial charge in [0.1, 0.15) is 16.4 Å². The average Bonchev–Trinajstić information content (AvgIpc) is 2.97. The van der Waals surface area contributed by atoms with Crippen LogP contribution >= 0.6 is 11.3 Å². The highest BCUT2D eigenvalue weighted by Crippen LogP contribution is 2.37. The van der Waals surface area contributed by atoms with Crippen LogP contribution in [0.25, 0.3) is 10.2 Å². The summed E-state index contributed by atoms with van der Waals surface area (Å²) in [4.78, 5) is 14.3. The normalized spacial score (nSPS) is 15.4. The maximum atomic E-state index is 6.35. The number of ether oxygens (including phenoxy) is 2. The molecule has 0 radical (unpaired) electrons. The minimum Gasteiger partial charge on any atom is -0.438 e. The van der Waals surface area contributed by atoms with Crippen molar-refractivity contribution in [1.29, 1.82) is 0 Å². The van der Waals surface area contributed by atoms with Crippen molar-refractivity contribution in [1.82, 2.24) is 14.9 Å². The number of fused-ring (bicyclic) bond motifs is 1. The summed E-state index contributed by atoms with van der Waals surface area (Å²) in [5, 5.41) is 1.04. The molecule has 0 saturated carbocycles. The first-order chi connectivity index (χ1) is 13.2. The van der Waals surface area contributed by atoms with Crippen LogP contribution < -0.4 is 4.74 Å². The molecule has 5 nitrogen and oxygen atoms in total. The first-order valence-corrected chi connectivity index (χ1v) is 10.3. The number of thiophene rings is 1. The molecule has 1 aliphatic heterocycles. The van der Waals surface area contributed by atoms with E-state index in [0.29, 0.717) is 5.88 Å². The Balaban J connectivity index is 1.74. The van der Waals surface area contributed by atoms with Crippen LogP contribution in [0.3, 0.4) is 0 Å². The number of nitrogens with zero attached hydrogens (tertiary/aromatic N) is 3. The van der Waals surface area contributed by atoms with E-state index in [-0.39, 0.29) is 0 Å². The molecule has 142 valence electrons. The molecule has 3 aromatic rings. The Morgan fingerprint density at radius 1 is 1.15 bits per heavy atom. The van der Waals surface area contributed by atoms with Gasteiger partial charge in [0.15, 0.2) is 0 Å². The summed E-state index contributed by atoms with van der Waals surface area (Å²) in [6.45, 7) is 10.5. The van der Waals surface area contributed by atoms with Crippen LogP contribution in [0.4, 0.5) is 0 Å². The number of para-hydroxylation sites is 1. The molecule has 6 heteroatoms. The number of aromatic nitrogens is 2. The van der Waals surface area contributed by atoms with E-state index in [2.05, 4.69) is 31.7 Å². The summed E-state index contributed by atoms with van der Waals surface area (Å²) in [5.41, 5.74) is 2.39. The van der Waals surface area contributed by atoms with E-state index < -0.39 is 0 Å². The maximum Gasteiger partial charge on any atom is 0.231 e. The zero-order chi connectivity index (χ0) is 18.8. The van der Waals surface area contributed by atoms with Crippen LogP contribution in [0.2, 0.25) is 0 Å². The van der Waals surface area contributed by atoms with Crippen molar-refractivity contribution in [2.75, 3.05) is 26.3 Å². The van der Waals surface area contributed by atoms with Crippen molar-refractivity contribution in [2.24, 2.45) is 0 Å².